The Bertz CT molecular complexity index is 99.5. The van der Waals surface area contributed by atoms with Crippen LogP contribution in [0.5, 0.6) is 0 Å². The highest BCUT2D eigenvalue weighted by Crippen LogP contribution is 2.09. The lowest BCUT2D eigenvalue weighted by Gasteiger charge is -2.21. The highest BCUT2D eigenvalue weighted by atomic mass is 16.9. The second kappa shape index (κ2) is 1.26. The second-order valence-electron chi connectivity index (χ2n) is 1.09. The Morgan fingerprint density at radius 3 is 2.43 bits per heavy atom. The Labute approximate surface area is 40.5 Å². The highest BCUT2D eigenvalue weighted by molar-refractivity contribution is 5.64. The minimum Gasteiger partial charge on any atom is -0.390 e. The molecule has 38 valence electrons. The van der Waals surface area contributed by atoms with Gasteiger partial charge in [0.05, 0.1) is 0 Å². The van der Waals surface area contributed by atoms with Crippen molar-refractivity contribution in [2.45, 2.75) is 6.29 Å². The summed E-state index contributed by atoms with van der Waals surface area (Å²) >= 11 is 0. The molecule has 0 bridgehead atoms. The first kappa shape index (κ1) is 4.18. The largest absolute Gasteiger partial charge is 0.515 e. The van der Waals surface area contributed by atoms with Crippen LogP contribution in [0.3, 0.4) is 0 Å². The molecule has 0 aromatic rings. The van der Waals surface area contributed by atoms with Crippen LogP contribution in [0.1, 0.15) is 0 Å². The topological polar surface area (TPSA) is 35.5 Å². The maximum absolute atomic E-state index is 9.78. The molecule has 1 aliphatic rings. The summed E-state index contributed by atoms with van der Waals surface area (Å²) in [7, 11) is 0. The van der Waals surface area contributed by atoms with Crippen LogP contribution < -0.4 is 0 Å². The average molecular weight is 100 g/mol. The molecule has 0 aromatic carbocycles. The predicted molar refractivity (Wildman–Crippen MR) is 21.6 cm³/mol. The molecular formula is C4H4O3. The van der Waals surface area contributed by atoms with E-state index in [1.165, 1.54) is 6.08 Å². The normalized spacial score (nSPS) is 19.1. The molecule has 0 atom stereocenters. The summed E-state index contributed by atoms with van der Waals surface area (Å²) < 4.78 is 8.62. The molecule has 1 aliphatic heterocycles. The van der Waals surface area contributed by atoms with Crippen LogP contribution in [0.15, 0.2) is 12.7 Å². The van der Waals surface area contributed by atoms with E-state index >= 15 is 0 Å². The summed E-state index contributed by atoms with van der Waals surface area (Å²) in [5, 5.41) is 0. The van der Waals surface area contributed by atoms with E-state index in [4.69, 9.17) is 0 Å². The van der Waals surface area contributed by atoms with Crippen molar-refractivity contribution in [2.24, 2.45) is 0 Å². The van der Waals surface area contributed by atoms with E-state index in [0.717, 1.165) is 0 Å². The maximum atomic E-state index is 9.78. The maximum Gasteiger partial charge on any atom is 0.515 e. The van der Waals surface area contributed by atoms with Crippen LogP contribution >= 0.6 is 0 Å². The van der Waals surface area contributed by atoms with E-state index in [1.807, 2.05) is 0 Å². The average Bonchev–Trinajstić information content (AvgIpc) is 1.58. The highest BCUT2D eigenvalue weighted by Gasteiger charge is 2.26. The summed E-state index contributed by atoms with van der Waals surface area (Å²) in [5.74, 6) is 0. The van der Waals surface area contributed by atoms with E-state index in [0.29, 0.717) is 0 Å². The van der Waals surface area contributed by atoms with Gasteiger partial charge in [0, 0.05) is 0 Å². The van der Waals surface area contributed by atoms with E-state index < -0.39 is 12.4 Å². The third kappa shape index (κ3) is 0.559. The van der Waals surface area contributed by atoms with Crippen LogP contribution in [0.25, 0.3) is 0 Å². The van der Waals surface area contributed by atoms with Gasteiger partial charge in [0.2, 0.25) is 0 Å². The summed E-state index contributed by atoms with van der Waals surface area (Å²) in [5.41, 5.74) is 0. The van der Waals surface area contributed by atoms with Crippen LogP contribution in [-0.4, -0.2) is 12.4 Å². The Hall–Kier alpha value is -0.990. The molecule has 0 aromatic heterocycles. The van der Waals surface area contributed by atoms with Crippen molar-refractivity contribution < 1.29 is 14.3 Å². The first-order valence-corrected chi connectivity index (χ1v) is 1.83. The fourth-order valence-electron chi connectivity index (χ4n) is 0.295. The molecular weight excluding hydrogens is 96.0 g/mol. The lowest BCUT2D eigenvalue weighted by atomic mass is 10.6. The minimum atomic E-state index is -0.620. The number of hydrogen-bond donors (Lipinski definition) is 0. The van der Waals surface area contributed by atoms with E-state index in [1.54, 1.807) is 0 Å². The lowest BCUT2D eigenvalue weighted by Crippen LogP contribution is -2.33. The molecule has 0 radical (unpaired) electrons. The van der Waals surface area contributed by atoms with Crippen LogP contribution in [0.4, 0.5) is 4.79 Å². The summed E-state index contributed by atoms with van der Waals surface area (Å²) in [6, 6.07) is 0. The molecule has 3 heteroatoms. The van der Waals surface area contributed by atoms with Gasteiger partial charge in [-0.3, -0.25) is 0 Å². The summed E-state index contributed by atoms with van der Waals surface area (Å²) in [6.45, 7) is 3.31. The van der Waals surface area contributed by atoms with Gasteiger partial charge in [-0.15, -0.1) is 0 Å². The fourth-order valence-corrected chi connectivity index (χ4v) is 0.295. The van der Waals surface area contributed by atoms with Crippen molar-refractivity contribution >= 4 is 6.16 Å². The van der Waals surface area contributed by atoms with Gasteiger partial charge in [0.1, 0.15) is 0 Å². The SMILES string of the molecule is C=CC1OC(=O)O1. The van der Waals surface area contributed by atoms with Crippen LogP contribution in [-0.2, 0) is 9.47 Å². The van der Waals surface area contributed by atoms with Crippen LogP contribution in [0, 0.1) is 0 Å². The van der Waals surface area contributed by atoms with E-state index in [-0.39, 0.29) is 0 Å². The van der Waals surface area contributed by atoms with Crippen molar-refractivity contribution in [2.75, 3.05) is 0 Å². The number of carbonyl (C=O) groups excluding carboxylic acids is 1. The van der Waals surface area contributed by atoms with Crippen molar-refractivity contribution in [1.82, 2.24) is 0 Å². The Kier molecular flexibility index (Phi) is 0.749. The molecule has 3 nitrogen and oxygen atoms in total. The molecule has 0 N–H and O–H groups in total. The van der Waals surface area contributed by atoms with Gasteiger partial charge in [-0.2, -0.15) is 0 Å². The molecule has 0 unspecified atom stereocenters. The zero-order valence-corrected chi connectivity index (χ0v) is 3.59. The molecule has 1 saturated heterocycles. The monoisotopic (exact) mass is 100 g/mol. The number of ether oxygens (including phenoxy) is 2. The predicted octanol–water partition coefficient (Wildman–Crippen LogP) is 0.665. The van der Waals surface area contributed by atoms with Crippen molar-refractivity contribution in [1.29, 1.82) is 0 Å². The van der Waals surface area contributed by atoms with Gasteiger partial charge in [0.25, 0.3) is 6.29 Å². The third-order valence-corrected chi connectivity index (χ3v) is 0.617. The lowest BCUT2D eigenvalue weighted by molar-refractivity contribution is -0.153. The summed E-state index contributed by atoms with van der Waals surface area (Å²) in [6.07, 6.45) is 0.291. The minimum absolute atomic E-state index is 0.493. The third-order valence-electron chi connectivity index (χ3n) is 0.617. The molecule has 0 saturated carbocycles. The molecule has 7 heavy (non-hydrogen) atoms. The Balaban J connectivity index is 2.29. The van der Waals surface area contributed by atoms with Gasteiger partial charge < -0.3 is 9.47 Å². The van der Waals surface area contributed by atoms with Gasteiger partial charge in [0.15, 0.2) is 0 Å². The second-order valence-corrected chi connectivity index (χ2v) is 1.09. The molecule has 1 heterocycles. The molecule has 1 fully saturated rings. The quantitative estimate of drug-likeness (QED) is 0.358. The molecule has 1 rings (SSSR count). The van der Waals surface area contributed by atoms with Gasteiger partial charge in [-0.05, 0) is 6.08 Å². The van der Waals surface area contributed by atoms with Crippen molar-refractivity contribution in [3.05, 3.63) is 12.7 Å². The Morgan fingerprint density at radius 1 is 1.71 bits per heavy atom. The first-order chi connectivity index (χ1) is 3.33. The van der Waals surface area contributed by atoms with Crippen LogP contribution in [0.2, 0.25) is 0 Å². The zero-order chi connectivity index (χ0) is 5.28. The molecule has 0 amide bonds. The fraction of sp³-hybridized carbons (Fsp3) is 0.250. The van der Waals surface area contributed by atoms with Gasteiger partial charge in [-0.1, -0.05) is 6.58 Å². The number of carbonyl (C=O) groups is 1. The smallest absolute Gasteiger partial charge is 0.390 e. The van der Waals surface area contributed by atoms with Crippen molar-refractivity contribution in [3.8, 4) is 0 Å². The number of rotatable bonds is 1. The molecule has 0 spiro atoms. The van der Waals surface area contributed by atoms with Crippen molar-refractivity contribution in [3.63, 3.8) is 0 Å². The first-order valence-electron chi connectivity index (χ1n) is 1.83. The standard InChI is InChI=1S/C4H4O3/c1-2-3-6-4(5)7-3/h2-3H,1H2. The van der Waals surface area contributed by atoms with E-state index in [9.17, 15) is 4.79 Å². The van der Waals surface area contributed by atoms with Gasteiger partial charge in [-0.25, -0.2) is 4.79 Å². The Morgan fingerprint density at radius 2 is 2.29 bits per heavy atom. The number of cyclic esters (lactones) is 2. The molecule has 0 aliphatic carbocycles. The zero-order valence-electron chi connectivity index (χ0n) is 3.59. The number of hydrogen-bond acceptors (Lipinski definition) is 3. The van der Waals surface area contributed by atoms with Gasteiger partial charge >= 0.3 is 6.16 Å². The van der Waals surface area contributed by atoms with E-state index in [2.05, 4.69) is 16.1 Å². The summed E-state index contributed by atoms with van der Waals surface area (Å²) in [4.78, 5) is 9.78.